The van der Waals surface area contributed by atoms with E-state index in [1.54, 1.807) is 35.0 Å². The smallest absolute Gasteiger partial charge is 0.416 e. The lowest BCUT2D eigenvalue weighted by molar-refractivity contribution is -0.138. The number of carboxylic acids is 1. The van der Waals surface area contributed by atoms with Gasteiger partial charge in [-0.15, -0.1) is 0 Å². The minimum atomic E-state index is -4.66. The number of aromatic nitrogens is 2. The molecule has 0 saturated carbocycles. The summed E-state index contributed by atoms with van der Waals surface area (Å²) in [6.45, 7) is 2.16. The van der Waals surface area contributed by atoms with Crippen LogP contribution in [0.4, 0.5) is 13.2 Å². The van der Waals surface area contributed by atoms with Gasteiger partial charge in [-0.25, -0.2) is 8.42 Å². The maximum Gasteiger partial charge on any atom is 0.416 e. The van der Waals surface area contributed by atoms with Crippen LogP contribution in [0.2, 0.25) is 0 Å². The predicted molar refractivity (Wildman–Crippen MR) is 122 cm³/mol. The summed E-state index contributed by atoms with van der Waals surface area (Å²) >= 11 is 0. The second-order valence-corrected chi connectivity index (χ2v) is 10.3. The number of halogens is 3. The third kappa shape index (κ3) is 7.08. The molecule has 0 aliphatic heterocycles. The maximum atomic E-state index is 12.8. The van der Waals surface area contributed by atoms with Crippen molar-refractivity contribution < 1.29 is 36.2 Å². The van der Waals surface area contributed by atoms with Gasteiger partial charge in [-0.3, -0.25) is 9.48 Å². The number of aliphatic carboxylic acids is 1. The Kier molecular flexibility index (Phi) is 7.89. The number of sulfone groups is 1. The van der Waals surface area contributed by atoms with Gasteiger partial charge in [0.2, 0.25) is 0 Å². The second kappa shape index (κ2) is 10.5. The molecule has 188 valence electrons. The molecular weight excluding hydrogens is 485 g/mol. The van der Waals surface area contributed by atoms with Gasteiger partial charge in [-0.1, -0.05) is 25.1 Å². The van der Waals surface area contributed by atoms with Crippen LogP contribution in [-0.2, 0) is 33.8 Å². The van der Waals surface area contributed by atoms with Crippen molar-refractivity contribution in [1.82, 2.24) is 9.78 Å². The molecule has 4 rings (SSSR count). The fourth-order valence-corrected chi connectivity index (χ4v) is 4.41. The first-order valence-electron chi connectivity index (χ1n) is 10.8. The van der Waals surface area contributed by atoms with Gasteiger partial charge in [0.25, 0.3) is 0 Å². The summed E-state index contributed by atoms with van der Waals surface area (Å²) < 4.78 is 68.4. The normalized spacial score (nSPS) is 15.5. The average Bonchev–Trinajstić information content (AvgIpc) is 3.17. The SMILES string of the molecule is CC1CCCc2c1cnn2CC(=O)O.CS(=O)(=O)c1cc(Oc2ccccc2)cc(C(F)(F)F)c1. The molecule has 1 heterocycles. The van der Waals surface area contributed by atoms with Crippen molar-refractivity contribution in [3.8, 4) is 11.5 Å². The zero-order valence-corrected chi connectivity index (χ0v) is 19.9. The van der Waals surface area contributed by atoms with Crippen LogP contribution in [0.1, 0.15) is 42.5 Å². The van der Waals surface area contributed by atoms with Gasteiger partial charge < -0.3 is 9.84 Å². The number of carboxylic acid groups (broad SMARTS) is 1. The van der Waals surface area contributed by atoms with E-state index in [0.717, 1.165) is 36.9 Å². The predicted octanol–water partition coefficient (Wildman–Crippen LogP) is 5.31. The van der Waals surface area contributed by atoms with Gasteiger partial charge in [0, 0.05) is 11.9 Å². The Morgan fingerprint density at radius 3 is 2.46 bits per heavy atom. The van der Waals surface area contributed by atoms with Crippen LogP contribution in [0.15, 0.2) is 59.6 Å². The monoisotopic (exact) mass is 510 g/mol. The van der Waals surface area contributed by atoms with E-state index in [-0.39, 0.29) is 12.3 Å². The Morgan fingerprint density at radius 2 is 1.86 bits per heavy atom. The van der Waals surface area contributed by atoms with E-state index in [1.165, 1.54) is 12.0 Å². The molecule has 1 unspecified atom stereocenters. The molecule has 2 aromatic carbocycles. The van der Waals surface area contributed by atoms with Crippen LogP contribution in [0.25, 0.3) is 0 Å². The summed E-state index contributed by atoms with van der Waals surface area (Å²) in [6.07, 6.45) is 1.30. The van der Waals surface area contributed by atoms with Crippen molar-refractivity contribution in [2.75, 3.05) is 6.26 Å². The highest BCUT2D eigenvalue weighted by Crippen LogP contribution is 2.35. The van der Waals surface area contributed by atoms with E-state index >= 15 is 0 Å². The summed E-state index contributed by atoms with van der Waals surface area (Å²) in [4.78, 5) is 10.1. The minimum Gasteiger partial charge on any atom is -0.480 e. The van der Waals surface area contributed by atoms with Crippen molar-refractivity contribution in [3.63, 3.8) is 0 Å². The number of hydrogen-bond donors (Lipinski definition) is 1. The first kappa shape index (κ1) is 26.3. The van der Waals surface area contributed by atoms with Crippen molar-refractivity contribution in [2.24, 2.45) is 0 Å². The molecule has 1 N–H and O–H groups in total. The van der Waals surface area contributed by atoms with Gasteiger partial charge >= 0.3 is 12.1 Å². The highest BCUT2D eigenvalue weighted by molar-refractivity contribution is 7.90. The van der Waals surface area contributed by atoms with Crippen LogP contribution < -0.4 is 4.74 Å². The van der Waals surface area contributed by atoms with E-state index in [4.69, 9.17) is 9.84 Å². The molecule has 0 spiro atoms. The zero-order chi connectivity index (χ0) is 25.8. The first-order valence-corrected chi connectivity index (χ1v) is 12.7. The molecule has 1 aromatic heterocycles. The number of ether oxygens (including phenoxy) is 1. The number of nitrogens with zero attached hydrogens (tertiary/aromatic N) is 2. The lowest BCUT2D eigenvalue weighted by atomic mass is 9.89. The first-order chi connectivity index (χ1) is 16.3. The summed E-state index contributed by atoms with van der Waals surface area (Å²) in [6, 6.07) is 10.6. The molecule has 7 nitrogen and oxygen atoms in total. The Bertz CT molecular complexity index is 1290. The number of para-hydroxylation sites is 1. The van der Waals surface area contributed by atoms with E-state index in [9.17, 15) is 26.4 Å². The van der Waals surface area contributed by atoms with Crippen molar-refractivity contribution in [1.29, 1.82) is 0 Å². The van der Waals surface area contributed by atoms with E-state index in [1.807, 2.05) is 6.20 Å². The van der Waals surface area contributed by atoms with E-state index in [0.29, 0.717) is 17.7 Å². The van der Waals surface area contributed by atoms with Gasteiger partial charge in [0.1, 0.15) is 18.0 Å². The summed E-state index contributed by atoms with van der Waals surface area (Å²) in [5, 5.41) is 12.8. The molecule has 0 saturated heterocycles. The number of benzene rings is 2. The van der Waals surface area contributed by atoms with Crippen molar-refractivity contribution >= 4 is 15.8 Å². The maximum absolute atomic E-state index is 12.8. The largest absolute Gasteiger partial charge is 0.480 e. The fourth-order valence-electron chi connectivity index (χ4n) is 3.74. The third-order valence-electron chi connectivity index (χ3n) is 5.46. The lowest BCUT2D eigenvalue weighted by Crippen LogP contribution is -2.16. The molecule has 1 aliphatic rings. The summed E-state index contributed by atoms with van der Waals surface area (Å²) in [5.41, 5.74) is 1.28. The molecule has 11 heteroatoms. The quantitative estimate of drug-likeness (QED) is 0.500. The van der Waals surface area contributed by atoms with Gasteiger partial charge in [-0.05, 0) is 61.1 Å². The van der Waals surface area contributed by atoms with Crippen LogP contribution in [0, 0.1) is 0 Å². The lowest BCUT2D eigenvalue weighted by Gasteiger charge is -2.18. The summed E-state index contributed by atoms with van der Waals surface area (Å²) in [5.74, 6) is -0.164. The standard InChI is InChI=1S/C14H11F3O3S.C10H14N2O2/c1-21(18,19)13-8-10(14(15,16)17)7-12(9-13)20-11-5-3-2-4-6-11;1-7-3-2-4-9-8(7)5-11-12(9)6-10(13)14/h2-9H,1H3;5,7H,2-4,6H2,1H3,(H,13,14). The number of carbonyl (C=O) groups is 1. The third-order valence-corrected chi connectivity index (χ3v) is 6.55. The second-order valence-electron chi connectivity index (χ2n) is 8.27. The minimum absolute atomic E-state index is 0.0119. The molecule has 3 aromatic rings. The molecular formula is C24H25F3N2O5S. The molecule has 0 bridgehead atoms. The number of fused-ring (bicyclic) bond motifs is 1. The fraction of sp³-hybridized carbons (Fsp3) is 0.333. The topological polar surface area (TPSA) is 98.5 Å². The van der Waals surface area contributed by atoms with Crippen LogP contribution in [-0.4, -0.2) is 35.5 Å². The summed E-state index contributed by atoms with van der Waals surface area (Å²) in [7, 11) is -3.78. The molecule has 0 radical (unpaired) electrons. The Labute approximate surface area is 201 Å². The Balaban J connectivity index is 0.000000211. The van der Waals surface area contributed by atoms with Crippen LogP contribution >= 0.6 is 0 Å². The van der Waals surface area contributed by atoms with Crippen molar-refractivity contribution in [3.05, 3.63) is 71.5 Å². The highest BCUT2D eigenvalue weighted by atomic mass is 32.2. The Hall–Kier alpha value is -3.34. The van der Waals surface area contributed by atoms with Gasteiger partial charge in [-0.2, -0.15) is 18.3 Å². The van der Waals surface area contributed by atoms with E-state index < -0.39 is 32.4 Å². The molecule has 1 aliphatic carbocycles. The molecule has 0 amide bonds. The number of rotatable bonds is 5. The van der Waals surface area contributed by atoms with Crippen LogP contribution in [0.3, 0.4) is 0 Å². The molecule has 0 fully saturated rings. The van der Waals surface area contributed by atoms with Gasteiger partial charge in [0.15, 0.2) is 9.84 Å². The van der Waals surface area contributed by atoms with Crippen molar-refractivity contribution in [2.45, 2.75) is 49.7 Å². The highest BCUT2D eigenvalue weighted by Gasteiger charge is 2.32. The molecule has 1 atom stereocenters. The number of alkyl halides is 3. The molecule has 35 heavy (non-hydrogen) atoms. The van der Waals surface area contributed by atoms with Gasteiger partial charge in [0.05, 0.1) is 16.7 Å². The average molecular weight is 511 g/mol. The van der Waals surface area contributed by atoms with Crippen LogP contribution in [0.5, 0.6) is 11.5 Å². The zero-order valence-electron chi connectivity index (χ0n) is 19.1. The Morgan fingerprint density at radius 1 is 1.17 bits per heavy atom. The van der Waals surface area contributed by atoms with E-state index in [2.05, 4.69) is 12.0 Å². The number of hydrogen-bond acceptors (Lipinski definition) is 5.